The van der Waals surface area contributed by atoms with Gasteiger partial charge in [-0.25, -0.2) is 4.79 Å². The molecule has 1 heterocycles. The van der Waals surface area contributed by atoms with E-state index in [4.69, 9.17) is 14.6 Å². The molecule has 0 amide bonds. The van der Waals surface area contributed by atoms with E-state index in [0.717, 1.165) is 22.2 Å². The summed E-state index contributed by atoms with van der Waals surface area (Å²) in [6.45, 7) is 1.39. The summed E-state index contributed by atoms with van der Waals surface area (Å²) >= 11 is 0. The van der Waals surface area contributed by atoms with Gasteiger partial charge in [0.25, 0.3) is 0 Å². The molecule has 1 N–H and O–H groups in total. The number of benzene rings is 3. The zero-order chi connectivity index (χ0) is 21.6. The number of nitrogens with zero attached hydrogens (tertiary/aromatic N) is 2. The van der Waals surface area contributed by atoms with Gasteiger partial charge in [0.15, 0.2) is 0 Å². The van der Waals surface area contributed by atoms with E-state index in [1.54, 1.807) is 30.5 Å². The molecule has 4 rings (SSSR count). The van der Waals surface area contributed by atoms with Gasteiger partial charge in [0.2, 0.25) is 0 Å². The molecule has 0 atom stereocenters. The van der Waals surface area contributed by atoms with Crippen molar-refractivity contribution in [2.24, 2.45) is 0 Å². The van der Waals surface area contributed by atoms with Crippen LogP contribution in [0.2, 0.25) is 0 Å². The van der Waals surface area contributed by atoms with Crippen LogP contribution in [-0.2, 0) is 11.3 Å². The Labute approximate surface area is 179 Å². The highest BCUT2D eigenvalue weighted by molar-refractivity contribution is 5.90. The third kappa shape index (κ3) is 4.58. The maximum Gasteiger partial charge on any atom is 0.335 e. The summed E-state index contributed by atoms with van der Waals surface area (Å²) in [5.41, 5.74) is 3.46. The molecule has 0 aliphatic heterocycles. The van der Waals surface area contributed by atoms with Crippen molar-refractivity contribution < 1.29 is 19.4 Å². The fourth-order valence-corrected chi connectivity index (χ4v) is 3.35. The number of ether oxygens (including phenoxy) is 2. The average Bonchev–Trinajstić information content (AvgIpc) is 3.17. The molecule has 0 aliphatic rings. The Morgan fingerprint density at radius 3 is 2.48 bits per heavy atom. The number of aromatic nitrogens is 1. The number of carbonyl (C=O) groups is 1. The largest absolute Gasteiger partial charge is 0.491 e. The van der Waals surface area contributed by atoms with E-state index in [1.165, 1.54) is 0 Å². The van der Waals surface area contributed by atoms with Crippen LogP contribution in [-0.4, -0.2) is 28.9 Å². The van der Waals surface area contributed by atoms with Gasteiger partial charge in [0, 0.05) is 17.3 Å². The maximum absolute atomic E-state index is 11.1. The Bertz CT molecular complexity index is 1240. The normalized spacial score (nSPS) is 10.7. The van der Waals surface area contributed by atoms with Crippen LogP contribution >= 0.6 is 0 Å². The van der Waals surface area contributed by atoms with E-state index >= 15 is 0 Å². The lowest BCUT2D eigenvalue weighted by Gasteiger charge is -2.09. The van der Waals surface area contributed by atoms with E-state index in [9.17, 15) is 10.1 Å². The number of rotatable bonds is 8. The molecule has 6 heteroatoms. The maximum atomic E-state index is 11.1. The molecule has 0 aliphatic carbocycles. The third-order valence-corrected chi connectivity index (χ3v) is 4.90. The number of hydrogen-bond donors (Lipinski definition) is 1. The van der Waals surface area contributed by atoms with Gasteiger partial charge in [0.1, 0.15) is 18.4 Å². The highest BCUT2D eigenvalue weighted by Crippen LogP contribution is 2.28. The van der Waals surface area contributed by atoms with Crippen molar-refractivity contribution in [2.45, 2.75) is 6.61 Å². The number of carboxylic acids is 1. The molecular formula is C25H20N2O4. The zero-order valence-corrected chi connectivity index (χ0v) is 16.7. The summed E-state index contributed by atoms with van der Waals surface area (Å²) < 4.78 is 13.3. The van der Waals surface area contributed by atoms with Crippen LogP contribution in [0.5, 0.6) is 5.75 Å². The second kappa shape index (κ2) is 9.16. The van der Waals surface area contributed by atoms with E-state index in [-0.39, 0.29) is 5.56 Å². The van der Waals surface area contributed by atoms with Crippen LogP contribution in [0.1, 0.15) is 21.5 Å². The Morgan fingerprint density at radius 2 is 1.77 bits per heavy atom. The van der Waals surface area contributed by atoms with Crippen LogP contribution in [0, 0.1) is 11.3 Å². The second-order valence-corrected chi connectivity index (χ2v) is 6.94. The molecule has 0 radical (unpaired) electrons. The average molecular weight is 412 g/mol. The van der Waals surface area contributed by atoms with Gasteiger partial charge < -0.3 is 19.1 Å². The van der Waals surface area contributed by atoms with Crippen molar-refractivity contribution in [3.63, 3.8) is 0 Å². The Hall–Kier alpha value is -4.08. The predicted molar refractivity (Wildman–Crippen MR) is 117 cm³/mol. The molecule has 31 heavy (non-hydrogen) atoms. The minimum atomic E-state index is -0.976. The van der Waals surface area contributed by atoms with Crippen molar-refractivity contribution in [3.8, 4) is 17.5 Å². The first-order valence-electron chi connectivity index (χ1n) is 9.79. The summed E-state index contributed by atoms with van der Waals surface area (Å²) in [6.07, 6.45) is 1.74. The monoisotopic (exact) mass is 412 g/mol. The van der Waals surface area contributed by atoms with Crippen LogP contribution in [0.3, 0.4) is 0 Å². The molecule has 4 aromatic rings. The number of aromatic carboxylic acids is 1. The summed E-state index contributed by atoms with van der Waals surface area (Å²) in [5.74, 6) is -0.317. The van der Waals surface area contributed by atoms with Gasteiger partial charge >= 0.3 is 5.97 Å². The lowest BCUT2D eigenvalue weighted by molar-refractivity contribution is 0.0697. The number of fused-ring (bicyclic) bond motifs is 1. The van der Waals surface area contributed by atoms with Crippen molar-refractivity contribution in [3.05, 3.63) is 95.7 Å². The fraction of sp³-hybridized carbons (Fsp3) is 0.120. The molecule has 1 aromatic heterocycles. The number of hydrogen-bond acceptors (Lipinski definition) is 4. The van der Waals surface area contributed by atoms with Crippen molar-refractivity contribution in [1.82, 2.24) is 4.57 Å². The van der Waals surface area contributed by atoms with Gasteiger partial charge in [-0.15, -0.1) is 0 Å². The molecule has 6 nitrogen and oxygen atoms in total. The Kier molecular flexibility index (Phi) is 5.97. The van der Waals surface area contributed by atoms with Crippen LogP contribution < -0.4 is 4.74 Å². The molecule has 0 bridgehead atoms. The lowest BCUT2D eigenvalue weighted by atomic mass is 10.2. The Morgan fingerprint density at radius 1 is 1.00 bits per heavy atom. The highest BCUT2D eigenvalue weighted by Gasteiger charge is 2.12. The van der Waals surface area contributed by atoms with Crippen LogP contribution in [0.4, 0.5) is 0 Å². The highest BCUT2D eigenvalue weighted by atomic mass is 16.5. The molecular weight excluding hydrogens is 392 g/mol. The standard InChI is InChI=1S/C25H20N2O4/c26-15-20-16-27(21-8-6-19(7-9-21)25(28)29)24-11-10-22(14-23(20)24)31-13-12-30-17-18-4-2-1-3-5-18/h1-11,14,16H,12-13,17H2,(H,28,29). The lowest BCUT2D eigenvalue weighted by Crippen LogP contribution is -2.06. The van der Waals surface area contributed by atoms with E-state index in [2.05, 4.69) is 6.07 Å². The predicted octanol–water partition coefficient (Wildman–Crippen LogP) is 4.80. The molecule has 0 unspecified atom stereocenters. The Balaban J connectivity index is 1.46. The van der Waals surface area contributed by atoms with Gasteiger partial charge in [0.05, 0.1) is 29.9 Å². The smallest absolute Gasteiger partial charge is 0.335 e. The fourth-order valence-electron chi connectivity index (χ4n) is 3.35. The zero-order valence-electron chi connectivity index (χ0n) is 16.7. The number of nitriles is 1. The summed E-state index contributed by atoms with van der Waals surface area (Å²) in [5, 5.41) is 19.4. The molecule has 0 saturated carbocycles. The minimum Gasteiger partial charge on any atom is -0.491 e. The first kappa shape index (κ1) is 20.2. The third-order valence-electron chi connectivity index (χ3n) is 4.90. The molecule has 3 aromatic carbocycles. The van der Waals surface area contributed by atoms with Crippen molar-refractivity contribution in [1.29, 1.82) is 5.26 Å². The summed E-state index contributed by atoms with van der Waals surface area (Å²) in [4.78, 5) is 11.1. The van der Waals surface area contributed by atoms with E-state index in [0.29, 0.717) is 31.1 Å². The molecule has 0 saturated heterocycles. The minimum absolute atomic E-state index is 0.214. The van der Waals surface area contributed by atoms with Gasteiger partial charge in [-0.1, -0.05) is 30.3 Å². The van der Waals surface area contributed by atoms with Crippen LogP contribution in [0.25, 0.3) is 16.6 Å². The first-order chi connectivity index (χ1) is 15.2. The van der Waals surface area contributed by atoms with E-state index in [1.807, 2.05) is 53.1 Å². The van der Waals surface area contributed by atoms with Gasteiger partial charge in [-0.3, -0.25) is 0 Å². The number of carboxylic acid groups (broad SMARTS) is 1. The topological polar surface area (TPSA) is 84.5 Å². The quantitative estimate of drug-likeness (QED) is 0.421. The van der Waals surface area contributed by atoms with E-state index < -0.39 is 5.97 Å². The van der Waals surface area contributed by atoms with Crippen LogP contribution in [0.15, 0.2) is 79.0 Å². The SMILES string of the molecule is N#Cc1cn(-c2ccc(C(=O)O)cc2)c2ccc(OCCOCc3ccccc3)cc12. The van der Waals surface area contributed by atoms with Crippen molar-refractivity contribution in [2.75, 3.05) is 13.2 Å². The van der Waals surface area contributed by atoms with Gasteiger partial charge in [-0.05, 0) is 48.0 Å². The van der Waals surface area contributed by atoms with Crippen molar-refractivity contribution >= 4 is 16.9 Å². The molecule has 0 fully saturated rings. The van der Waals surface area contributed by atoms with Gasteiger partial charge in [-0.2, -0.15) is 5.26 Å². The summed E-state index contributed by atoms with van der Waals surface area (Å²) in [7, 11) is 0. The second-order valence-electron chi connectivity index (χ2n) is 6.94. The molecule has 154 valence electrons. The first-order valence-corrected chi connectivity index (χ1v) is 9.79. The summed E-state index contributed by atoms with van der Waals surface area (Å²) in [6, 6.07) is 24.3. The molecule has 0 spiro atoms.